The molecule has 1 aliphatic rings. The standard InChI is InChI=1S/C5H10N4/c1-5(7)2-8-3-9-4(5)6/h2-4H,6-7H2,1H3. The van der Waals surface area contributed by atoms with Crippen LogP contribution in [0.2, 0.25) is 0 Å². The minimum atomic E-state index is -0.575. The first kappa shape index (κ1) is 6.38. The van der Waals surface area contributed by atoms with Crippen molar-refractivity contribution in [3.63, 3.8) is 0 Å². The molecule has 0 fully saturated rings. The molecule has 0 bridgehead atoms. The highest BCUT2D eigenvalue weighted by Crippen LogP contribution is 2.04. The normalized spacial score (nSPS) is 41.4. The number of aliphatic imine (C=N–C) groups is 2. The van der Waals surface area contributed by atoms with Crippen LogP contribution in [0.1, 0.15) is 6.92 Å². The molecule has 0 spiro atoms. The molecule has 1 rings (SSSR count). The lowest BCUT2D eigenvalue weighted by atomic mass is 10.0. The van der Waals surface area contributed by atoms with Crippen molar-refractivity contribution in [1.82, 2.24) is 0 Å². The molecule has 0 amide bonds. The molecule has 1 aliphatic heterocycles. The summed E-state index contributed by atoms with van der Waals surface area (Å²) in [7, 11) is 0. The van der Waals surface area contributed by atoms with Gasteiger partial charge in [-0.25, -0.2) is 4.99 Å². The average Bonchev–Trinajstić information content (AvgIpc) is 1.77. The smallest absolute Gasteiger partial charge is 0.122 e. The van der Waals surface area contributed by atoms with Crippen LogP contribution in [0.3, 0.4) is 0 Å². The van der Waals surface area contributed by atoms with Crippen LogP contribution in [0, 0.1) is 0 Å². The molecule has 0 saturated carbocycles. The zero-order chi connectivity index (χ0) is 6.91. The van der Waals surface area contributed by atoms with Gasteiger partial charge in [0.2, 0.25) is 0 Å². The van der Waals surface area contributed by atoms with Gasteiger partial charge in [-0.3, -0.25) is 4.99 Å². The fourth-order valence-electron chi connectivity index (χ4n) is 0.541. The third kappa shape index (κ3) is 1.14. The second-order valence-corrected chi connectivity index (χ2v) is 2.35. The van der Waals surface area contributed by atoms with E-state index in [2.05, 4.69) is 9.98 Å². The SMILES string of the molecule is CC1(N)C=NC=NC1N. The van der Waals surface area contributed by atoms with Gasteiger partial charge in [-0.05, 0) is 6.92 Å². The van der Waals surface area contributed by atoms with Crippen molar-refractivity contribution >= 4 is 12.6 Å². The van der Waals surface area contributed by atoms with Gasteiger partial charge in [0.15, 0.2) is 0 Å². The van der Waals surface area contributed by atoms with E-state index in [4.69, 9.17) is 11.5 Å². The molecule has 50 valence electrons. The Hall–Kier alpha value is -0.740. The second-order valence-electron chi connectivity index (χ2n) is 2.35. The topological polar surface area (TPSA) is 76.8 Å². The molecule has 4 nitrogen and oxygen atoms in total. The van der Waals surface area contributed by atoms with E-state index >= 15 is 0 Å². The van der Waals surface area contributed by atoms with Crippen LogP contribution in [0.5, 0.6) is 0 Å². The fraction of sp³-hybridized carbons (Fsp3) is 0.600. The van der Waals surface area contributed by atoms with Gasteiger partial charge in [-0.1, -0.05) is 0 Å². The van der Waals surface area contributed by atoms with Gasteiger partial charge in [-0.2, -0.15) is 0 Å². The summed E-state index contributed by atoms with van der Waals surface area (Å²) >= 11 is 0. The Labute approximate surface area is 53.7 Å². The number of rotatable bonds is 0. The lowest BCUT2D eigenvalue weighted by Gasteiger charge is -2.25. The van der Waals surface area contributed by atoms with E-state index < -0.39 is 5.54 Å². The molecule has 1 heterocycles. The summed E-state index contributed by atoms with van der Waals surface area (Å²) < 4.78 is 0. The molecule has 0 radical (unpaired) electrons. The van der Waals surface area contributed by atoms with E-state index in [9.17, 15) is 0 Å². The summed E-state index contributed by atoms with van der Waals surface area (Å²) in [6, 6.07) is 0. The quantitative estimate of drug-likeness (QED) is 0.441. The minimum Gasteiger partial charge on any atom is -0.318 e. The van der Waals surface area contributed by atoms with Crippen molar-refractivity contribution in [2.24, 2.45) is 21.5 Å². The van der Waals surface area contributed by atoms with Crippen LogP contribution in [-0.2, 0) is 0 Å². The molecule has 0 aromatic heterocycles. The minimum absolute atomic E-state index is 0.352. The van der Waals surface area contributed by atoms with Crippen molar-refractivity contribution in [3.8, 4) is 0 Å². The Morgan fingerprint density at radius 2 is 2.33 bits per heavy atom. The monoisotopic (exact) mass is 126 g/mol. The van der Waals surface area contributed by atoms with Gasteiger partial charge >= 0.3 is 0 Å². The van der Waals surface area contributed by atoms with Gasteiger partial charge < -0.3 is 11.5 Å². The van der Waals surface area contributed by atoms with Crippen LogP contribution in [0.25, 0.3) is 0 Å². The fourth-order valence-corrected chi connectivity index (χ4v) is 0.541. The average molecular weight is 126 g/mol. The first-order valence-corrected chi connectivity index (χ1v) is 2.73. The van der Waals surface area contributed by atoms with Gasteiger partial charge in [0.05, 0.1) is 5.54 Å². The molecule has 4 heteroatoms. The molecule has 4 N–H and O–H groups in total. The molecule has 0 saturated heterocycles. The maximum Gasteiger partial charge on any atom is 0.122 e. The predicted octanol–water partition coefficient (Wildman–Crippen LogP) is -0.899. The summed E-state index contributed by atoms with van der Waals surface area (Å²) in [5, 5.41) is 0. The Bertz CT molecular complexity index is 158. The van der Waals surface area contributed by atoms with Crippen molar-refractivity contribution in [1.29, 1.82) is 0 Å². The van der Waals surface area contributed by atoms with Gasteiger partial charge in [0, 0.05) is 6.21 Å². The van der Waals surface area contributed by atoms with Crippen LogP contribution in [0.15, 0.2) is 9.98 Å². The van der Waals surface area contributed by atoms with Gasteiger partial charge in [0.25, 0.3) is 0 Å². The number of nitrogens with zero attached hydrogens (tertiary/aromatic N) is 2. The first-order valence-electron chi connectivity index (χ1n) is 2.73. The second kappa shape index (κ2) is 1.89. The van der Waals surface area contributed by atoms with E-state index in [0.717, 1.165) is 0 Å². The highest BCUT2D eigenvalue weighted by Gasteiger charge is 2.25. The van der Waals surface area contributed by atoms with E-state index in [0.29, 0.717) is 0 Å². The van der Waals surface area contributed by atoms with E-state index in [1.165, 1.54) is 6.34 Å². The lowest BCUT2D eigenvalue weighted by Crippen LogP contribution is -2.54. The summed E-state index contributed by atoms with van der Waals surface area (Å²) in [5.74, 6) is 0. The third-order valence-corrected chi connectivity index (χ3v) is 1.28. The van der Waals surface area contributed by atoms with Crippen LogP contribution < -0.4 is 11.5 Å². The van der Waals surface area contributed by atoms with Crippen LogP contribution in [-0.4, -0.2) is 24.3 Å². The molecular formula is C5H10N4. The Morgan fingerprint density at radius 3 is 2.67 bits per heavy atom. The van der Waals surface area contributed by atoms with E-state index in [1.807, 2.05) is 0 Å². The molecule has 2 atom stereocenters. The molecule has 0 aliphatic carbocycles. The predicted molar refractivity (Wildman–Crippen MR) is 37.6 cm³/mol. The number of hydrogen-bond donors (Lipinski definition) is 2. The molecule has 0 aromatic carbocycles. The van der Waals surface area contributed by atoms with Crippen molar-refractivity contribution in [2.75, 3.05) is 0 Å². The maximum atomic E-state index is 5.63. The van der Waals surface area contributed by atoms with Crippen LogP contribution in [0.4, 0.5) is 0 Å². The molecular weight excluding hydrogens is 116 g/mol. The molecule has 9 heavy (non-hydrogen) atoms. The Morgan fingerprint density at radius 1 is 1.67 bits per heavy atom. The summed E-state index contributed by atoms with van der Waals surface area (Å²) in [6.45, 7) is 1.79. The van der Waals surface area contributed by atoms with E-state index in [-0.39, 0.29) is 6.17 Å². The van der Waals surface area contributed by atoms with Gasteiger partial charge in [0.1, 0.15) is 12.5 Å². The summed E-state index contributed by atoms with van der Waals surface area (Å²) in [5.41, 5.74) is 10.6. The highest BCUT2D eigenvalue weighted by molar-refractivity contribution is 5.82. The summed E-state index contributed by atoms with van der Waals surface area (Å²) in [6.07, 6.45) is 2.67. The zero-order valence-electron chi connectivity index (χ0n) is 5.28. The van der Waals surface area contributed by atoms with Crippen LogP contribution >= 0.6 is 0 Å². The number of hydrogen-bond acceptors (Lipinski definition) is 4. The summed E-state index contributed by atoms with van der Waals surface area (Å²) in [4.78, 5) is 7.57. The highest BCUT2D eigenvalue weighted by atomic mass is 15.1. The van der Waals surface area contributed by atoms with Crippen molar-refractivity contribution < 1.29 is 0 Å². The molecule has 2 unspecified atom stereocenters. The molecule has 0 aromatic rings. The van der Waals surface area contributed by atoms with E-state index in [1.54, 1.807) is 13.1 Å². The van der Waals surface area contributed by atoms with Crippen molar-refractivity contribution in [3.05, 3.63) is 0 Å². The Kier molecular flexibility index (Phi) is 1.34. The van der Waals surface area contributed by atoms with Crippen molar-refractivity contribution in [2.45, 2.75) is 18.6 Å². The Balaban J connectivity index is 2.78. The largest absolute Gasteiger partial charge is 0.318 e. The first-order chi connectivity index (χ1) is 4.13. The maximum absolute atomic E-state index is 5.63. The number of nitrogens with two attached hydrogens (primary N) is 2. The lowest BCUT2D eigenvalue weighted by molar-refractivity contribution is 0.504. The van der Waals surface area contributed by atoms with Gasteiger partial charge in [-0.15, -0.1) is 0 Å². The third-order valence-electron chi connectivity index (χ3n) is 1.28. The zero-order valence-corrected chi connectivity index (χ0v) is 5.28.